The van der Waals surface area contributed by atoms with Gasteiger partial charge >= 0.3 is 6.36 Å². The number of carbonyl (C=O) groups excluding carboxylic acids is 1. The number of hydrogen-bond donors (Lipinski definition) is 1. The minimum Gasteiger partial charge on any atom is -0.409 e. The van der Waals surface area contributed by atoms with Crippen molar-refractivity contribution >= 4 is 18.3 Å². The highest BCUT2D eigenvalue weighted by molar-refractivity contribution is 5.91. The maximum absolute atomic E-state index is 12.7. The lowest BCUT2D eigenvalue weighted by molar-refractivity contribution is -0.307. The van der Waals surface area contributed by atoms with Crippen LogP contribution in [0.1, 0.15) is 19.8 Å². The number of allylic oxidation sites excluding steroid dienone is 3. The SMILES string of the molecule is CCCC1=CC2=C3CNCCN3C(=O)C2C(OC(F)(F)F)=C1.Cl. The van der Waals surface area contributed by atoms with Gasteiger partial charge in [-0.05, 0) is 23.6 Å². The van der Waals surface area contributed by atoms with E-state index in [1.165, 1.54) is 6.08 Å². The fraction of sp³-hybridized carbons (Fsp3) is 0.533. The molecule has 1 N–H and O–H groups in total. The van der Waals surface area contributed by atoms with Crippen molar-refractivity contribution in [2.24, 2.45) is 5.92 Å². The summed E-state index contributed by atoms with van der Waals surface area (Å²) in [4.78, 5) is 14.1. The molecule has 2 aliphatic heterocycles. The maximum atomic E-state index is 12.7. The summed E-state index contributed by atoms with van der Waals surface area (Å²) in [6.07, 6.45) is -0.119. The van der Waals surface area contributed by atoms with Crippen LogP contribution < -0.4 is 5.32 Å². The van der Waals surface area contributed by atoms with Crippen LogP contribution in [-0.2, 0) is 9.53 Å². The van der Waals surface area contributed by atoms with Gasteiger partial charge in [0, 0.05) is 25.3 Å². The number of halogens is 4. The normalized spacial score (nSPS) is 23.7. The standard InChI is InChI=1S/C15H17F3N2O2.ClH/c1-2-3-9-6-10-11-8-19-4-5-20(11)14(21)13(10)12(7-9)22-15(16,17)18;/h6-7,13,19H,2-5,8H2,1H3;1H. The first-order chi connectivity index (χ1) is 10.4. The topological polar surface area (TPSA) is 41.6 Å². The van der Waals surface area contributed by atoms with Gasteiger partial charge in [-0.25, -0.2) is 0 Å². The zero-order chi connectivity index (χ0) is 15.9. The molecule has 0 saturated carbocycles. The minimum absolute atomic E-state index is 0. The van der Waals surface area contributed by atoms with Crippen LogP contribution in [0.4, 0.5) is 13.2 Å². The fourth-order valence-electron chi connectivity index (χ4n) is 3.19. The summed E-state index contributed by atoms with van der Waals surface area (Å²) in [5.41, 5.74) is 2.18. The Morgan fingerprint density at radius 3 is 2.78 bits per heavy atom. The number of nitrogens with one attached hydrogen (secondary N) is 1. The summed E-state index contributed by atoms with van der Waals surface area (Å²) in [7, 11) is 0. The van der Waals surface area contributed by atoms with Gasteiger partial charge in [-0.3, -0.25) is 4.79 Å². The lowest BCUT2D eigenvalue weighted by Crippen LogP contribution is -2.43. The zero-order valence-electron chi connectivity index (χ0n) is 12.6. The quantitative estimate of drug-likeness (QED) is 0.851. The smallest absolute Gasteiger partial charge is 0.409 e. The number of rotatable bonds is 3. The van der Waals surface area contributed by atoms with Crippen molar-refractivity contribution in [2.75, 3.05) is 19.6 Å². The van der Waals surface area contributed by atoms with Gasteiger partial charge in [0.15, 0.2) is 0 Å². The van der Waals surface area contributed by atoms with Gasteiger partial charge in [-0.2, -0.15) is 0 Å². The molecular weight excluding hydrogens is 333 g/mol. The Morgan fingerprint density at radius 1 is 1.39 bits per heavy atom. The van der Waals surface area contributed by atoms with Crippen molar-refractivity contribution < 1.29 is 22.7 Å². The summed E-state index contributed by atoms with van der Waals surface area (Å²) in [6, 6.07) is 0. The third kappa shape index (κ3) is 3.40. The van der Waals surface area contributed by atoms with Gasteiger partial charge < -0.3 is 15.0 Å². The van der Waals surface area contributed by atoms with Crippen LogP contribution in [0.15, 0.2) is 34.8 Å². The molecule has 1 saturated heterocycles. The number of piperazine rings is 1. The molecule has 0 aromatic heterocycles. The van der Waals surface area contributed by atoms with E-state index in [1.807, 2.05) is 13.0 Å². The highest BCUT2D eigenvalue weighted by atomic mass is 35.5. The maximum Gasteiger partial charge on any atom is 0.572 e. The van der Waals surface area contributed by atoms with Crippen molar-refractivity contribution in [1.29, 1.82) is 0 Å². The predicted octanol–water partition coefficient (Wildman–Crippen LogP) is 2.88. The van der Waals surface area contributed by atoms with E-state index in [4.69, 9.17) is 0 Å². The molecule has 1 atom stereocenters. The zero-order valence-corrected chi connectivity index (χ0v) is 13.4. The number of carbonyl (C=O) groups is 1. The van der Waals surface area contributed by atoms with Crippen LogP contribution >= 0.6 is 12.4 Å². The molecule has 2 heterocycles. The summed E-state index contributed by atoms with van der Waals surface area (Å²) in [5, 5.41) is 3.16. The van der Waals surface area contributed by atoms with Crippen LogP contribution in [0.5, 0.6) is 0 Å². The summed E-state index contributed by atoms with van der Waals surface area (Å²) >= 11 is 0. The number of ether oxygens (including phenoxy) is 1. The molecule has 1 aliphatic carbocycles. The number of fused-ring (bicyclic) bond motifs is 2. The van der Waals surface area contributed by atoms with Crippen LogP contribution in [0.25, 0.3) is 0 Å². The minimum atomic E-state index is -4.79. The molecule has 23 heavy (non-hydrogen) atoms. The largest absolute Gasteiger partial charge is 0.572 e. The van der Waals surface area contributed by atoms with Crippen LogP contribution in [-0.4, -0.2) is 36.8 Å². The van der Waals surface area contributed by atoms with Crippen molar-refractivity contribution in [3.8, 4) is 0 Å². The molecule has 128 valence electrons. The summed E-state index contributed by atoms with van der Waals surface area (Å²) in [5.74, 6) is -1.59. The molecule has 0 bridgehead atoms. The molecule has 0 aromatic carbocycles. The molecule has 3 rings (SSSR count). The second-order valence-electron chi connectivity index (χ2n) is 5.57. The molecule has 0 radical (unpaired) electrons. The van der Waals surface area contributed by atoms with E-state index in [1.54, 1.807) is 4.90 Å². The Kier molecular flexibility index (Phi) is 5.10. The van der Waals surface area contributed by atoms with Gasteiger partial charge in [0.1, 0.15) is 11.7 Å². The molecule has 8 heteroatoms. The molecule has 1 fully saturated rings. The molecule has 1 unspecified atom stereocenters. The van der Waals surface area contributed by atoms with Crippen LogP contribution in [0.2, 0.25) is 0 Å². The predicted molar refractivity (Wildman–Crippen MR) is 80.6 cm³/mol. The third-order valence-electron chi connectivity index (χ3n) is 4.01. The van der Waals surface area contributed by atoms with Gasteiger partial charge in [-0.1, -0.05) is 19.4 Å². The van der Waals surface area contributed by atoms with Gasteiger partial charge in [0.2, 0.25) is 5.91 Å². The third-order valence-corrected chi connectivity index (χ3v) is 4.01. The number of alkyl halides is 3. The van der Waals surface area contributed by atoms with Gasteiger partial charge in [0.05, 0.1) is 0 Å². The lowest BCUT2D eigenvalue weighted by Gasteiger charge is -2.26. The molecule has 3 aliphatic rings. The van der Waals surface area contributed by atoms with Gasteiger partial charge in [-0.15, -0.1) is 25.6 Å². The molecule has 0 spiro atoms. The Hall–Kier alpha value is -1.47. The number of amides is 1. The Balaban J connectivity index is 0.00000192. The van der Waals surface area contributed by atoms with E-state index >= 15 is 0 Å². The van der Waals surface area contributed by atoms with E-state index in [2.05, 4.69) is 10.1 Å². The number of hydrogen-bond acceptors (Lipinski definition) is 3. The van der Waals surface area contributed by atoms with E-state index < -0.39 is 12.3 Å². The molecular formula is C15H18ClF3N2O2. The van der Waals surface area contributed by atoms with Crippen LogP contribution in [0.3, 0.4) is 0 Å². The molecule has 0 aromatic rings. The first kappa shape index (κ1) is 17.9. The Labute approximate surface area is 138 Å². The number of nitrogens with zero attached hydrogens (tertiary/aromatic N) is 1. The second-order valence-corrected chi connectivity index (χ2v) is 5.57. The van der Waals surface area contributed by atoms with E-state index in [0.29, 0.717) is 31.6 Å². The van der Waals surface area contributed by atoms with Crippen LogP contribution in [0, 0.1) is 5.92 Å². The Bertz CT molecular complexity index is 596. The molecule has 4 nitrogen and oxygen atoms in total. The average Bonchev–Trinajstić information content (AvgIpc) is 2.72. The molecule has 1 amide bonds. The van der Waals surface area contributed by atoms with Crippen molar-refractivity contribution in [1.82, 2.24) is 10.2 Å². The first-order valence-corrected chi connectivity index (χ1v) is 7.33. The first-order valence-electron chi connectivity index (χ1n) is 7.33. The lowest BCUT2D eigenvalue weighted by atomic mass is 9.88. The van der Waals surface area contributed by atoms with Gasteiger partial charge in [0.25, 0.3) is 0 Å². The highest BCUT2D eigenvalue weighted by Gasteiger charge is 2.46. The van der Waals surface area contributed by atoms with Crippen molar-refractivity contribution in [3.05, 3.63) is 34.8 Å². The van der Waals surface area contributed by atoms with Crippen molar-refractivity contribution in [2.45, 2.75) is 26.1 Å². The fourth-order valence-corrected chi connectivity index (χ4v) is 3.19. The summed E-state index contributed by atoms with van der Waals surface area (Å²) in [6.45, 7) is 3.56. The summed E-state index contributed by atoms with van der Waals surface area (Å²) < 4.78 is 42.2. The highest BCUT2D eigenvalue weighted by Crippen LogP contribution is 2.42. The van der Waals surface area contributed by atoms with E-state index in [9.17, 15) is 18.0 Å². The Morgan fingerprint density at radius 2 is 2.13 bits per heavy atom. The van der Waals surface area contributed by atoms with E-state index in [0.717, 1.165) is 17.7 Å². The van der Waals surface area contributed by atoms with E-state index in [-0.39, 0.29) is 24.1 Å². The second kappa shape index (κ2) is 6.57. The monoisotopic (exact) mass is 350 g/mol. The van der Waals surface area contributed by atoms with Crippen molar-refractivity contribution in [3.63, 3.8) is 0 Å². The average molecular weight is 351 g/mol.